The summed E-state index contributed by atoms with van der Waals surface area (Å²) < 4.78 is 5.83. The highest BCUT2D eigenvalue weighted by atomic mass is 79.9. The van der Waals surface area contributed by atoms with Crippen molar-refractivity contribution in [1.29, 1.82) is 0 Å². The van der Waals surface area contributed by atoms with Crippen LogP contribution < -0.4 is 4.74 Å². The molecule has 0 bridgehead atoms. The molecule has 80 valence electrons. The van der Waals surface area contributed by atoms with Crippen LogP contribution in [0.5, 0.6) is 5.75 Å². The van der Waals surface area contributed by atoms with Gasteiger partial charge < -0.3 is 4.74 Å². The van der Waals surface area contributed by atoms with E-state index in [1.807, 2.05) is 0 Å². The van der Waals surface area contributed by atoms with Crippen LogP contribution in [0.25, 0.3) is 0 Å². The van der Waals surface area contributed by atoms with Gasteiger partial charge in [-0.05, 0) is 40.2 Å². The van der Waals surface area contributed by atoms with E-state index < -0.39 is 4.92 Å². The van der Waals surface area contributed by atoms with Gasteiger partial charge in [-0.15, -0.1) is 0 Å². The van der Waals surface area contributed by atoms with Gasteiger partial charge in [-0.3, -0.25) is 10.1 Å². The summed E-state index contributed by atoms with van der Waals surface area (Å²) in [4.78, 5) is 9.91. The summed E-state index contributed by atoms with van der Waals surface area (Å²) >= 11 is 3.31. The fourth-order valence-corrected chi connectivity index (χ4v) is 1.71. The van der Waals surface area contributed by atoms with E-state index in [0.717, 1.165) is 10.0 Å². The summed E-state index contributed by atoms with van der Waals surface area (Å²) in [6, 6.07) is 5.32. The average Bonchev–Trinajstić information content (AvgIpc) is 2.18. The minimum atomic E-state index is -0.474. The first-order chi connectivity index (χ1) is 7.04. The van der Waals surface area contributed by atoms with Gasteiger partial charge in [0.2, 0.25) is 5.70 Å². The Morgan fingerprint density at radius 3 is 2.80 bits per heavy atom. The van der Waals surface area contributed by atoms with Crippen LogP contribution >= 0.6 is 15.9 Å². The Labute approximate surface area is 95.8 Å². The molecule has 0 aliphatic carbocycles. The molecule has 0 atom stereocenters. The fourth-order valence-electron chi connectivity index (χ4n) is 1.12. The topological polar surface area (TPSA) is 52.4 Å². The molecule has 0 heterocycles. The highest BCUT2D eigenvalue weighted by molar-refractivity contribution is 9.10. The molecular weight excluding hydrogens is 262 g/mol. The Kier molecular flexibility index (Phi) is 3.85. The van der Waals surface area contributed by atoms with Crippen LogP contribution in [0.15, 0.2) is 34.9 Å². The lowest BCUT2D eigenvalue weighted by Crippen LogP contribution is -2.00. The van der Waals surface area contributed by atoms with Crippen molar-refractivity contribution in [2.75, 3.05) is 7.11 Å². The molecule has 0 unspecified atom stereocenters. The normalized spacial score (nSPS) is 9.73. The van der Waals surface area contributed by atoms with Gasteiger partial charge in [0.15, 0.2) is 0 Å². The molecule has 1 aromatic rings. The van der Waals surface area contributed by atoms with Crippen LogP contribution in [0.4, 0.5) is 0 Å². The van der Waals surface area contributed by atoms with Crippen molar-refractivity contribution in [2.24, 2.45) is 0 Å². The maximum Gasteiger partial charge on any atom is 0.243 e. The summed E-state index contributed by atoms with van der Waals surface area (Å²) in [7, 11) is 1.57. The zero-order valence-corrected chi connectivity index (χ0v) is 9.78. The van der Waals surface area contributed by atoms with Gasteiger partial charge in [-0.2, -0.15) is 0 Å². The van der Waals surface area contributed by atoms with E-state index in [1.165, 1.54) is 0 Å². The Morgan fingerprint density at radius 2 is 2.33 bits per heavy atom. The number of methoxy groups -OCH3 is 1. The first-order valence-corrected chi connectivity index (χ1v) is 4.98. The molecule has 4 nitrogen and oxygen atoms in total. The van der Waals surface area contributed by atoms with E-state index in [9.17, 15) is 10.1 Å². The Hall–Kier alpha value is -1.36. The molecule has 0 aliphatic rings. The molecule has 0 aliphatic heterocycles. The number of nitrogens with zero attached hydrogens (tertiary/aromatic N) is 1. The molecule has 0 saturated heterocycles. The van der Waals surface area contributed by atoms with Gasteiger partial charge in [0, 0.05) is 0 Å². The van der Waals surface area contributed by atoms with Crippen LogP contribution in [0.2, 0.25) is 0 Å². The second-order valence-electron chi connectivity index (χ2n) is 2.97. The number of benzene rings is 1. The largest absolute Gasteiger partial charge is 0.496 e. The molecule has 0 N–H and O–H groups in total. The Morgan fingerprint density at radius 1 is 1.67 bits per heavy atom. The maximum atomic E-state index is 10.4. The summed E-state index contributed by atoms with van der Waals surface area (Å²) in [5.41, 5.74) is 0.802. The van der Waals surface area contributed by atoms with Gasteiger partial charge in [-0.1, -0.05) is 6.07 Å². The van der Waals surface area contributed by atoms with Crippen molar-refractivity contribution in [1.82, 2.24) is 0 Å². The predicted octanol–water partition coefficient (Wildman–Crippen LogP) is 2.79. The van der Waals surface area contributed by atoms with Gasteiger partial charge in [0.1, 0.15) is 5.75 Å². The van der Waals surface area contributed by atoms with Crippen molar-refractivity contribution < 1.29 is 9.66 Å². The minimum absolute atomic E-state index is 0.0212. The number of allylic oxidation sites excluding steroid dienone is 1. The van der Waals surface area contributed by atoms with Crippen LogP contribution in [0.1, 0.15) is 5.56 Å². The standard InChI is InChI=1S/C10H10BrNO3/c1-7(12(13)14)5-8-3-4-10(15-2)9(11)6-8/h3-4,6H,1,5H2,2H3. The third-order valence-electron chi connectivity index (χ3n) is 1.88. The van der Waals surface area contributed by atoms with Crippen molar-refractivity contribution in [3.8, 4) is 5.75 Å². The zero-order chi connectivity index (χ0) is 11.4. The monoisotopic (exact) mass is 271 g/mol. The number of hydrogen-bond donors (Lipinski definition) is 0. The number of nitro groups is 1. The summed E-state index contributed by atoms with van der Waals surface area (Å²) in [5.74, 6) is 0.700. The van der Waals surface area contributed by atoms with E-state index in [-0.39, 0.29) is 12.1 Å². The lowest BCUT2D eigenvalue weighted by atomic mass is 10.1. The highest BCUT2D eigenvalue weighted by Gasteiger charge is 2.09. The van der Waals surface area contributed by atoms with E-state index in [2.05, 4.69) is 22.5 Å². The quantitative estimate of drug-likeness (QED) is 0.625. The number of rotatable bonds is 4. The van der Waals surface area contributed by atoms with E-state index in [1.54, 1.807) is 25.3 Å². The molecule has 1 aromatic carbocycles. The van der Waals surface area contributed by atoms with Gasteiger partial charge in [0.05, 0.1) is 22.9 Å². The average molecular weight is 272 g/mol. The molecule has 0 fully saturated rings. The van der Waals surface area contributed by atoms with Gasteiger partial charge in [-0.25, -0.2) is 0 Å². The lowest BCUT2D eigenvalue weighted by molar-refractivity contribution is -0.426. The van der Waals surface area contributed by atoms with E-state index in [4.69, 9.17) is 4.74 Å². The van der Waals surface area contributed by atoms with Crippen molar-refractivity contribution in [3.05, 3.63) is 50.6 Å². The molecular formula is C10H10BrNO3. The van der Waals surface area contributed by atoms with Crippen LogP contribution in [-0.2, 0) is 6.42 Å². The summed E-state index contributed by atoms with van der Waals surface area (Å²) in [6.07, 6.45) is 0.232. The molecule has 0 saturated carbocycles. The van der Waals surface area contributed by atoms with Crippen LogP contribution in [0.3, 0.4) is 0 Å². The maximum absolute atomic E-state index is 10.4. The second kappa shape index (κ2) is 4.93. The van der Waals surface area contributed by atoms with Gasteiger partial charge in [0.25, 0.3) is 0 Å². The van der Waals surface area contributed by atoms with Crippen molar-refractivity contribution in [3.63, 3.8) is 0 Å². The number of halogens is 1. The first kappa shape index (κ1) is 11.7. The third-order valence-corrected chi connectivity index (χ3v) is 2.50. The molecule has 1 rings (SSSR count). The van der Waals surface area contributed by atoms with Crippen LogP contribution in [-0.4, -0.2) is 12.0 Å². The Balaban J connectivity index is 2.84. The van der Waals surface area contributed by atoms with Crippen molar-refractivity contribution in [2.45, 2.75) is 6.42 Å². The molecule has 5 heteroatoms. The lowest BCUT2D eigenvalue weighted by Gasteiger charge is -2.04. The van der Waals surface area contributed by atoms with E-state index in [0.29, 0.717) is 5.75 Å². The smallest absolute Gasteiger partial charge is 0.243 e. The summed E-state index contributed by atoms with van der Waals surface area (Å²) in [6.45, 7) is 3.38. The summed E-state index contributed by atoms with van der Waals surface area (Å²) in [5, 5.41) is 10.4. The number of ether oxygens (including phenoxy) is 1. The molecule has 0 spiro atoms. The fraction of sp³-hybridized carbons (Fsp3) is 0.200. The molecule has 0 amide bonds. The van der Waals surface area contributed by atoms with E-state index >= 15 is 0 Å². The third kappa shape index (κ3) is 3.06. The zero-order valence-electron chi connectivity index (χ0n) is 8.20. The molecule has 0 radical (unpaired) electrons. The predicted molar refractivity (Wildman–Crippen MR) is 60.5 cm³/mol. The highest BCUT2D eigenvalue weighted by Crippen LogP contribution is 2.26. The number of hydrogen-bond acceptors (Lipinski definition) is 3. The van der Waals surface area contributed by atoms with Gasteiger partial charge >= 0.3 is 0 Å². The van der Waals surface area contributed by atoms with Crippen molar-refractivity contribution >= 4 is 15.9 Å². The second-order valence-corrected chi connectivity index (χ2v) is 3.82. The molecule has 0 aromatic heterocycles. The first-order valence-electron chi connectivity index (χ1n) is 4.19. The Bertz CT molecular complexity index is 404. The SMILES string of the molecule is C=C(Cc1ccc(OC)c(Br)c1)[N+](=O)[O-]. The van der Waals surface area contributed by atoms with Crippen LogP contribution in [0, 0.1) is 10.1 Å². The minimum Gasteiger partial charge on any atom is -0.496 e. The molecule has 15 heavy (non-hydrogen) atoms.